The summed E-state index contributed by atoms with van der Waals surface area (Å²) in [4.78, 5) is 23.2. The number of amides is 1. The van der Waals surface area contributed by atoms with Gasteiger partial charge in [0.2, 0.25) is 0 Å². The second-order valence-electron chi connectivity index (χ2n) is 8.99. The third-order valence-electron chi connectivity index (χ3n) is 5.48. The van der Waals surface area contributed by atoms with Crippen molar-refractivity contribution >= 4 is 43.8 Å². The number of likely N-dealkylation sites (tertiary alicyclic amines) is 1. The fourth-order valence-electron chi connectivity index (χ4n) is 4.27. The van der Waals surface area contributed by atoms with Crippen LogP contribution in [-0.4, -0.2) is 33.1 Å². The van der Waals surface area contributed by atoms with Gasteiger partial charge in [0, 0.05) is 16.4 Å². The molecule has 0 bridgehead atoms. The Kier molecular flexibility index (Phi) is 5.32. The summed E-state index contributed by atoms with van der Waals surface area (Å²) in [6.45, 7) is 8.63. The Morgan fingerprint density at radius 1 is 1.31 bits per heavy atom. The molecule has 2 heterocycles. The molecule has 0 unspecified atom stereocenters. The number of hydrogen-bond acceptors (Lipinski definition) is 3. The molecule has 29 heavy (non-hydrogen) atoms. The first-order valence-electron chi connectivity index (χ1n) is 10.3. The van der Waals surface area contributed by atoms with Gasteiger partial charge < -0.3 is 9.72 Å². The average molecular weight is 458 g/mol. The van der Waals surface area contributed by atoms with Gasteiger partial charge in [-0.1, -0.05) is 41.4 Å². The summed E-state index contributed by atoms with van der Waals surface area (Å²) < 4.78 is 6.75. The average Bonchev–Trinajstić information content (AvgIpc) is 3.24. The van der Waals surface area contributed by atoms with Crippen molar-refractivity contribution in [2.24, 2.45) is 5.92 Å². The molecule has 1 amide bonds. The van der Waals surface area contributed by atoms with E-state index in [4.69, 9.17) is 9.72 Å². The topological polar surface area (TPSA) is 58.2 Å². The van der Waals surface area contributed by atoms with E-state index in [1.165, 1.54) is 0 Å². The molecule has 0 aliphatic carbocycles. The van der Waals surface area contributed by atoms with Crippen LogP contribution in [0.5, 0.6) is 0 Å². The van der Waals surface area contributed by atoms with E-state index in [0.717, 1.165) is 57.9 Å². The third-order valence-corrected chi connectivity index (χ3v) is 5.97. The van der Waals surface area contributed by atoms with Crippen LogP contribution in [0.1, 0.15) is 58.8 Å². The van der Waals surface area contributed by atoms with Crippen LogP contribution in [0.15, 0.2) is 34.8 Å². The van der Waals surface area contributed by atoms with Crippen molar-refractivity contribution < 1.29 is 9.53 Å². The van der Waals surface area contributed by atoms with Crippen molar-refractivity contribution in [2.75, 3.05) is 6.54 Å². The molecule has 154 valence electrons. The standard InChI is InChI=1S/C23H28BrN3O2/c1-5-6-14-11-19(27(13-14)22(28)29-23(2,3)4)21-25-18-10-7-15-12-16(24)8-9-17(15)20(18)26-21/h7-10,12,14,19H,5-6,11,13H2,1-4H3,(H,25,26)/t14-,19-/m0/s1. The number of H-pyrrole nitrogens is 1. The van der Waals surface area contributed by atoms with Gasteiger partial charge in [0.05, 0.1) is 17.1 Å². The molecular weight excluding hydrogens is 430 g/mol. The largest absolute Gasteiger partial charge is 0.444 e. The quantitative estimate of drug-likeness (QED) is 0.483. The van der Waals surface area contributed by atoms with Gasteiger partial charge in [-0.15, -0.1) is 0 Å². The highest BCUT2D eigenvalue weighted by Crippen LogP contribution is 2.38. The molecule has 2 aromatic carbocycles. The molecule has 2 atom stereocenters. The molecule has 1 saturated heterocycles. The number of rotatable bonds is 3. The van der Waals surface area contributed by atoms with Crippen molar-refractivity contribution in [3.8, 4) is 0 Å². The summed E-state index contributed by atoms with van der Waals surface area (Å²) in [5, 5.41) is 2.25. The van der Waals surface area contributed by atoms with E-state index in [9.17, 15) is 4.79 Å². The van der Waals surface area contributed by atoms with E-state index in [0.29, 0.717) is 5.92 Å². The van der Waals surface area contributed by atoms with Crippen LogP contribution in [0, 0.1) is 5.92 Å². The van der Waals surface area contributed by atoms with E-state index < -0.39 is 5.60 Å². The first kappa shape index (κ1) is 20.2. The maximum Gasteiger partial charge on any atom is 0.410 e. The molecule has 0 spiro atoms. The fourth-order valence-corrected chi connectivity index (χ4v) is 4.65. The zero-order chi connectivity index (χ0) is 20.8. The minimum Gasteiger partial charge on any atom is -0.444 e. The number of hydrogen-bond donors (Lipinski definition) is 1. The number of carbonyl (C=O) groups excluding carboxylic acids is 1. The number of carbonyl (C=O) groups is 1. The number of ether oxygens (including phenoxy) is 1. The van der Waals surface area contributed by atoms with Crippen LogP contribution in [-0.2, 0) is 4.74 Å². The lowest BCUT2D eigenvalue weighted by Crippen LogP contribution is -2.37. The molecule has 1 aliphatic rings. The Hall–Kier alpha value is -2.08. The zero-order valence-electron chi connectivity index (χ0n) is 17.5. The Morgan fingerprint density at radius 2 is 2.10 bits per heavy atom. The number of aromatic amines is 1. The van der Waals surface area contributed by atoms with Crippen molar-refractivity contribution in [3.05, 3.63) is 40.6 Å². The third kappa shape index (κ3) is 4.13. The van der Waals surface area contributed by atoms with Crippen LogP contribution < -0.4 is 0 Å². The van der Waals surface area contributed by atoms with Crippen LogP contribution in [0.3, 0.4) is 0 Å². The summed E-state index contributed by atoms with van der Waals surface area (Å²) >= 11 is 3.54. The molecule has 1 fully saturated rings. The first-order valence-corrected chi connectivity index (χ1v) is 11.1. The lowest BCUT2D eigenvalue weighted by Gasteiger charge is -2.27. The minimum absolute atomic E-state index is 0.0840. The molecular formula is C23H28BrN3O2. The Labute approximate surface area is 179 Å². The van der Waals surface area contributed by atoms with Crippen LogP contribution in [0.4, 0.5) is 4.79 Å². The lowest BCUT2D eigenvalue weighted by atomic mass is 10.0. The van der Waals surface area contributed by atoms with Crippen LogP contribution in [0.25, 0.3) is 21.8 Å². The number of imidazole rings is 1. The van der Waals surface area contributed by atoms with E-state index in [1.54, 1.807) is 0 Å². The van der Waals surface area contributed by atoms with Crippen molar-refractivity contribution in [2.45, 2.75) is 58.6 Å². The second kappa shape index (κ2) is 7.63. The van der Waals surface area contributed by atoms with Gasteiger partial charge >= 0.3 is 6.09 Å². The molecule has 1 N–H and O–H groups in total. The van der Waals surface area contributed by atoms with Crippen molar-refractivity contribution in [3.63, 3.8) is 0 Å². The molecule has 1 aliphatic heterocycles. The second-order valence-corrected chi connectivity index (χ2v) is 9.90. The zero-order valence-corrected chi connectivity index (χ0v) is 19.0. The van der Waals surface area contributed by atoms with Crippen molar-refractivity contribution in [1.29, 1.82) is 0 Å². The number of halogens is 1. The molecule has 1 aromatic heterocycles. The van der Waals surface area contributed by atoms with Gasteiger partial charge in [-0.05, 0) is 63.1 Å². The van der Waals surface area contributed by atoms with Gasteiger partial charge in [-0.2, -0.15) is 0 Å². The summed E-state index contributed by atoms with van der Waals surface area (Å²) in [5.41, 5.74) is 1.44. The van der Waals surface area contributed by atoms with E-state index in [-0.39, 0.29) is 12.1 Å². The smallest absolute Gasteiger partial charge is 0.410 e. The number of nitrogens with zero attached hydrogens (tertiary/aromatic N) is 2. The monoisotopic (exact) mass is 457 g/mol. The maximum absolute atomic E-state index is 12.9. The van der Waals surface area contributed by atoms with E-state index >= 15 is 0 Å². The van der Waals surface area contributed by atoms with E-state index in [1.807, 2.05) is 31.7 Å². The maximum atomic E-state index is 12.9. The highest BCUT2D eigenvalue weighted by molar-refractivity contribution is 9.10. The summed E-state index contributed by atoms with van der Waals surface area (Å²) in [5.74, 6) is 1.32. The number of aromatic nitrogens is 2. The molecule has 0 saturated carbocycles. The number of nitrogens with one attached hydrogen (secondary N) is 1. The van der Waals surface area contributed by atoms with Gasteiger partial charge in [-0.3, -0.25) is 4.90 Å². The summed E-state index contributed by atoms with van der Waals surface area (Å²) in [6, 6.07) is 10.3. The molecule has 0 radical (unpaired) electrons. The highest BCUT2D eigenvalue weighted by atomic mass is 79.9. The van der Waals surface area contributed by atoms with Crippen LogP contribution in [0.2, 0.25) is 0 Å². The molecule has 4 rings (SSSR count). The SMILES string of the molecule is CCC[C@H]1C[C@@H](c2nc3c(ccc4cc(Br)ccc43)[nH]2)N(C(=O)OC(C)(C)C)C1. The lowest BCUT2D eigenvalue weighted by molar-refractivity contribution is 0.0213. The van der Waals surface area contributed by atoms with E-state index in [2.05, 4.69) is 52.1 Å². The summed E-state index contributed by atoms with van der Waals surface area (Å²) in [7, 11) is 0. The Morgan fingerprint density at radius 3 is 2.83 bits per heavy atom. The predicted octanol–water partition coefficient (Wildman–Crippen LogP) is 6.58. The first-order chi connectivity index (χ1) is 13.7. The number of fused-ring (bicyclic) bond motifs is 3. The van der Waals surface area contributed by atoms with Gasteiger partial charge in [0.15, 0.2) is 0 Å². The summed E-state index contributed by atoms with van der Waals surface area (Å²) in [6.07, 6.45) is 2.87. The normalized spacial score (nSPS) is 20.0. The van der Waals surface area contributed by atoms with Gasteiger partial charge in [0.1, 0.15) is 11.4 Å². The Balaban J connectivity index is 1.72. The number of benzene rings is 2. The van der Waals surface area contributed by atoms with Crippen LogP contribution >= 0.6 is 15.9 Å². The van der Waals surface area contributed by atoms with Gasteiger partial charge in [-0.25, -0.2) is 9.78 Å². The molecule has 5 nitrogen and oxygen atoms in total. The van der Waals surface area contributed by atoms with Gasteiger partial charge in [0.25, 0.3) is 0 Å². The fraction of sp³-hybridized carbons (Fsp3) is 0.478. The molecule has 3 aromatic rings. The van der Waals surface area contributed by atoms with Crippen molar-refractivity contribution in [1.82, 2.24) is 14.9 Å². The molecule has 6 heteroatoms. The minimum atomic E-state index is -0.512. The highest BCUT2D eigenvalue weighted by Gasteiger charge is 2.39. The Bertz CT molecular complexity index is 1050. The predicted molar refractivity (Wildman–Crippen MR) is 120 cm³/mol.